The van der Waals surface area contributed by atoms with Crippen LogP contribution in [0.5, 0.6) is 0 Å². The van der Waals surface area contributed by atoms with E-state index in [9.17, 15) is 14.4 Å². The molecule has 1 aliphatic rings. The first-order valence-corrected chi connectivity index (χ1v) is 8.25. The molecule has 0 bridgehead atoms. The lowest BCUT2D eigenvalue weighted by Gasteiger charge is -2.34. The van der Waals surface area contributed by atoms with Crippen LogP contribution in [0.15, 0.2) is 24.3 Å². The minimum atomic E-state index is -0.836. The van der Waals surface area contributed by atoms with Gasteiger partial charge in [-0.1, -0.05) is 25.4 Å². The quantitative estimate of drug-likeness (QED) is 0.730. The fourth-order valence-corrected chi connectivity index (χ4v) is 2.72. The van der Waals surface area contributed by atoms with Gasteiger partial charge in [-0.05, 0) is 43.0 Å². The molecule has 2 rings (SSSR count). The maximum atomic E-state index is 12.4. The van der Waals surface area contributed by atoms with Crippen molar-refractivity contribution in [1.29, 1.82) is 0 Å². The molecule has 0 aromatic heterocycles. The van der Waals surface area contributed by atoms with Crippen molar-refractivity contribution in [1.82, 2.24) is 10.6 Å². The molecule has 130 valence electrons. The van der Waals surface area contributed by atoms with Crippen LogP contribution in [0.1, 0.15) is 37.0 Å². The average molecular weight is 353 g/mol. The van der Waals surface area contributed by atoms with Crippen molar-refractivity contribution in [2.24, 2.45) is 11.8 Å². The number of halogens is 1. The molecule has 1 fully saturated rings. The van der Waals surface area contributed by atoms with Crippen LogP contribution in [0.4, 0.5) is 0 Å². The Morgan fingerprint density at radius 2 is 1.75 bits per heavy atom. The van der Waals surface area contributed by atoms with Crippen molar-refractivity contribution in [3.63, 3.8) is 0 Å². The number of benzene rings is 1. The molecule has 1 unspecified atom stereocenters. The monoisotopic (exact) mass is 352 g/mol. The van der Waals surface area contributed by atoms with Crippen LogP contribution in [0.3, 0.4) is 0 Å². The van der Waals surface area contributed by atoms with E-state index in [2.05, 4.69) is 10.6 Å². The number of amides is 2. The molecular weight excluding hydrogens is 332 g/mol. The predicted molar refractivity (Wildman–Crippen MR) is 89.8 cm³/mol. The van der Waals surface area contributed by atoms with E-state index in [0.717, 1.165) is 0 Å². The van der Waals surface area contributed by atoms with Crippen molar-refractivity contribution < 1.29 is 19.5 Å². The number of carbonyl (C=O) groups excluding carboxylic acids is 2. The molecule has 0 aliphatic heterocycles. The minimum Gasteiger partial charge on any atom is -0.481 e. The SMILES string of the molecule is CC(C)C(NC(=O)c1ccc(Cl)cc1)C(=O)NC1CC(C(=O)O)C1. The third-order valence-corrected chi connectivity index (χ3v) is 4.43. The van der Waals surface area contributed by atoms with E-state index < -0.39 is 17.9 Å². The Bertz CT molecular complexity index is 624. The van der Waals surface area contributed by atoms with Crippen LogP contribution in [-0.2, 0) is 9.59 Å². The maximum Gasteiger partial charge on any atom is 0.306 e. The van der Waals surface area contributed by atoms with Crippen LogP contribution in [-0.4, -0.2) is 35.0 Å². The lowest BCUT2D eigenvalue weighted by molar-refractivity contribution is -0.146. The van der Waals surface area contributed by atoms with Crippen molar-refractivity contribution in [3.8, 4) is 0 Å². The molecule has 1 aromatic carbocycles. The normalized spacial score (nSPS) is 20.8. The molecule has 3 N–H and O–H groups in total. The van der Waals surface area contributed by atoms with E-state index in [-0.39, 0.29) is 23.8 Å². The zero-order valence-corrected chi connectivity index (χ0v) is 14.3. The Hall–Kier alpha value is -2.08. The summed E-state index contributed by atoms with van der Waals surface area (Å²) in [5.74, 6) is -1.97. The predicted octanol–water partition coefficient (Wildman–Crippen LogP) is 2.07. The third-order valence-electron chi connectivity index (χ3n) is 4.18. The number of carboxylic acids is 1. The first kappa shape index (κ1) is 18.3. The summed E-state index contributed by atoms with van der Waals surface area (Å²) in [4.78, 5) is 35.5. The van der Waals surface area contributed by atoms with Gasteiger partial charge in [-0.2, -0.15) is 0 Å². The smallest absolute Gasteiger partial charge is 0.306 e. The number of hydrogen-bond acceptors (Lipinski definition) is 3. The summed E-state index contributed by atoms with van der Waals surface area (Å²) in [5.41, 5.74) is 0.424. The summed E-state index contributed by atoms with van der Waals surface area (Å²) in [7, 11) is 0. The Labute approximate surface area is 145 Å². The largest absolute Gasteiger partial charge is 0.481 e. The molecule has 1 aliphatic carbocycles. The van der Waals surface area contributed by atoms with Crippen LogP contribution >= 0.6 is 11.6 Å². The van der Waals surface area contributed by atoms with Gasteiger partial charge < -0.3 is 15.7 Å². The molecule has 1 atom stereocenters. The second kappa shape index (κ2) is 7.66. The summed E-state index contributed by atoms with van der Waals surface area (Å²) >= 11 is 5.80. The molecular formula is C17H21ClN2O4. The summed E-state index contributed by atoms with van der Waals surface area (Å²) in [6, 6.07) is 5.58. The fourth-order valence-electron chi connectivity index (χ4n) is 2.59. The topological polar surface area (TPSA) is 95.5 Å². The lowest BCUT2D eigenvalue weighted by atomic mass is 9.80. The van der Waals surface area contributed by atoms with E-state index in [1.807, 2.05) is 13.8 Å². The molecule has 1 aromatic rings. The standard InChI is InChI=1S/C17H21ClN2O4/c1-9(2)14(16(22)19-13-7-11(8-13)17(23)24)20-15(21)10-3-5-12(18)6-4-10/h3-6,9,11,13-14H,7-8H2,1-2H3,(H,19,22)(H,20,21)(H,23,24). The molecule has 6 nitrogen and oxygen atoms in total. The summed E-state index contributed by atoms with van der Waals surface area (Å²) in [5, 5.41) is 14.9. The fraction of sp³-hybridized carbons (Fsp3) is 0.471. The highest BCUT2D eigenvalue weighted by atomic mass is 35.5. The molecule has 0 spiro atoms. The van der Waals surface area contributed by atoms with Crippen molar-refractivity contribution >= 4 is 29.4 Å². The minimum absolute atomic E-state index is 0.100. The number of rotatable bonds is 6. The molecule has 7 heteroatoms. The van der Waals surface area contributed by atoms with Crippen molar-refractivity contribution in [2.45, 2.75) is 38.8 Å². The highest BCUT2D eigenvalue weighted by molar-refractivity contribution is 6.30. The molecule has 0 radical (unpaired) electrons. The molecule has 24 heavy (non-hydrogen) atoms. The van der Waals surface area contributed by atoms with Gasteiger partial charge in [0.1, 0.15) is 6.04 Å². The van der Waals surface area contributed by atoms with Gasteiger partial charge in [0, 0.05) is 16.6 Å². The van der Waals surface area contributed by atoms with Gasteiger partial charge in [-0.15, -0.1) is 0 Å². The van der Waals surface area contributed by atoms with Gasteiger partial charge in [0.15, 0.2) is 0 Å². The van der Waals surface area contributed by atoms with Gasteiger partial charge in [-0.3, -0.25) is 14.4 Å². The first-order chi connectivity index (χ1) is 11.3. The zero-order valence-electron chi connectivity index (χ0n) is 13.6. The van der Waals surface area contributed by atoms with Crippen LogP contribution < -0.4 is 10.6 Å². The Morgan fingerprint density at radius 3 is 2.25 bits per heavy atom. The van der Waals surface area contributed by atoms with Gasteiger partial charge >= 0.3 is 5.97 Å². The van der Waals surface area contributed by atoms with Crippen LogP contribution in [0.25, 0.3) is 0 Å². The van der Waals surface area contributed by atoms with Crippen molar-refractivity contribution in [2.75, 3.05) is 0 Å². The Balaban J connectivity index is 1.94. The van der Waals surface area contributed by atoms with E-state index in [1.165, 1.54) is 0 Å². The second-order valence-electron chi connectivity index (χ2n) is 6.41. The summed E-state index contributed by atoms with van der Waals surface area (Å²) < 4.78 is 0. The summed E-state index contributed by atoms with van der Waals surface area (Å²) in [6.07, 6.45) is 0.855. The highest BCUT2D eigenvalue weighted by Crippen LogP contribution is 2.27. The van der Waals surface area contributed by atoms with E-state index in [1.54, 1.807) is 24.3 Å². The summed E-state index contributed by atoms with van der Waals surface area (Å²) in [6.45, 7) is 3.68. The van der Waals surface area contributed by atoms with E-state index in [0.29, 0.717) is 23.4 Å². The third kappa shape index (κ3) is 4.47. The highest BCUT2D eigenvalue weighted by Gasteiger charge is 2.37. The van der Waals surface area contributed by atoms with Gasteiger partial charge in [-0.25, -0.2) is 0 Å². The second-order valence-corrected chi connectivity index (χ2v) is 6.85. The Kier molecular flexibility index (Phi) is 5.83. The Morgan fingerprint density at radius 1 is 1.17 bits per heavy atom. The first-order valence-electron chi connectivity index (χ1n) is 7.87. The number of hydrogen-bond donors (Lipinski definition) is 3. The van der Waals surface area contributed by atoms with Gasteiger partial charge in [0.2, 0.25) is 5.91 Å². The van der Waals surface area contributed by atoms with Crippen LogP contribution in [0.2, 0.25) is 5.02 Å². The average Bonchev–Trinajstić information content (AvgIpc) is 2.47. The van der Waals surface area contributed by atoms with Gasteiger partial charge in [0.05, 0.1) is 5.92 Å². The van der Waals surface area contributed by atoms with E-state index >= 15 is 0 Å². The molecule has 0 heterocycles. The number of carboxylic acid groups (broad SMARTS) is 1. The molecule has 2 amide bonds. The van der Waals surface area contributed by atoms with Crippen molar-refractivity contribution in [3.05, 3.63) is 34.9 Å². The van der Waals surface area contributed by atoms with Crippen LogP contribution in [0, 0.1) is 11.8 Å². The molecule has 0 saturated heterocycles. The lowest BCUT2D eigenvalue weighted by Crippen LogP contribution is -2.55. The van der Waals surface area contributed by atoms with Gasteiger partial charge in [0.25, 0.3) is 5.91 Å². The number of aliphatic carboxylic acids is 1. The van der Waals surface area contributed by atoms with E-state index in [4.69, 9.17) is 16.7 Å². The number of nitrogens with one attached hydrogen (secondary N) is 2. The number of carbonyl (C=O) groups is 3. The maximum absolute atomic E-state index is 12.4. The molecule has 1 saturated carbocycles. The zero-order chi connectivity index (χ0) is 17.9.